The van der Waals surface area contributed by atoms with Crippen LogP contribution >= 0.6 is 11.3 Å². The average molecular weight is 539 g/mol. The molecule has 2 aliphatic heterocycles. The molecule has 0 radical (unpaired) electrons. The van der Waals surface area contributed by atoms with Crippen molar-refractivity contribution < 1.29 is 32.2 Å². The summed E-state index contributed by atoms with van der Waals surface area (Å²) in [5.74, 6) is 0.0430. The molecule has 37 heavy (non-hydrogen) atoms. The normalized spacial score (nSPS) is 19.1. The number of amides is 2. The summed E-state index contributed by atoms with van der Waals surface area (Å²) < 4.78 is 50.2. The maximum absolute atomic E-state index is 13.2. The van der Waals surface area contributed by atoms with E-state index < -0.39 is 17.8 Å². The Bertz CT molecular complexity index is 1130. The maximum atomic E-state index is 13.2. The van der Waals surface area contributed by atoms with Crippen molar-refractivity contribution >= 4 is 28.8 Å². The van der Waals surface area contributed by atoms with Crippen molar-refractivity contribution in [2.75, 3.05) is 31.3 Å². The molecular formula is C25H29F3N4O4S. The number of alkyl halides is 3. The molecule has 1 atom stereocenters. The third-order valence-electron chi connectivity index (χ3n) is 6.98. The summed E-state index contributed by atoms with van der Waals surface area (Å²) in [6.45, 7) is 1.96. The molecule has 12 heteroatoms. The number of hydrogen-bond donors (Lipinski definition) is 2. The zero-order valence-electron chi connectivity index (χ0n) is 20.2. The molecule has 1 aliphatic carbocycles. The number of halogens is 3. The third-order valence-corrected chi connectivity index (χ3v) is 8.05. The Kier molecular flexibility index (Phi) is 7.57. The first kappa shape index (κ1) is 25.8. The first-order chi connectivity index (χ1) is 17.8. The Morgan fingerprint density at radius 3 is 2.70 bits per heavy atom. The number of ether oxygens (including phenoxy) is 2. The van der Waals surface area contributed by atoms with Gasteiger partial charge in [0.05, 0.1) is 42.8 Å². The van der Waals surface area contributed by atoms with Gasteiger partial charge in [0.15, 0.2) is 0 Å². The lowest BCUT2D eigenvalue weighted by Crippen LogP contribution is -2.55. The molecule has 0 unspecified atom stereocenters. The highest BCUT2D eigenvalue weighted by molar-refractivity contribution is 7.14. The van der Waals surface area contributed by atoms with Crippen LogP contribution in [0.15, 0.2) is 24.4 Å². The van der Waals surface area contributed by atoms with E-state index in [1.807, 2.05) is 0 Å². The van der Waals surface area contributed by atoms with E-state index in [1.165, 1.54) is 11.3 Å². The molecule has 4 heterocycles. The molecule has 2 fully saturated rings. The molecule has 200 valence electrons. The maximum Gasteiger partial charge on any atom is 0.417 e. The van der Waals surface area contributed by atoms with Crippen molar-refractivity contribution in [2.45, 2.75) is 56.9 Å². The van der Waals surface area contributed by atoms with Crippen LogP contribution in [0.1, 0.15) is 52.2 Å². The van der Waals surface area contributed by atoms with E-state index >= 15 is 0 Å². The fraction of sp³-hybridized carbons (Fsp3) is 0.560. The van der Waals surface area contributed by atoms with Crippen LogP contribution in [0.3, 0.4) is 0 Å². The second-order valence-electron chi connectivity index (χ2n) is 9.74. The Morgan fingerprint density at radius 2 is 2.00 bits per heavy atom. The number of fused-ring (bicyclic) bond motifs is 1. The van der Waals surface area contributed by atoms with Crippen LogP contribution in [0.2, 0.25) is 0 Å². The molecule has 1 saturated heterocycles. The number of nitrogens with zero attached hydrogens (tertiary/aromatic N) is 2. The summed E-state index contributed by atoms with van der Waals surface area (Å²) in [5, 5.41) is 5.87. The molecule has 2 amide bonds. The number of hydrogen-bond acceptors (Lipinski definition) is 7. The van der Waals surface area contributed by atoms with Crippen LogP contribution < -0.4 is 20.3 Å². The lowest BCUT2D eigenvalue weighted by molar-refractivity contribution is -0.137. The van der Waals surface area contributed by atoms with Crippen molar-refractivity contribution in [1.82, 2.24) is 15.6 Å². The van der Waals surface area contributed by atoms with Gasteiger partial charge in [-0.2, -0.15) is 13.2 Å². The summed E-state index contributed by atoms with van der Waals surface area (Å²) in [7, 11) is 0. The van der Waals surface area contributed by atoms with Crippen molar-refractivity contribution in [3.05, 3.63) is 39.7 Å². The number of carbonyl (C=O) groups excluding carboxylic acids is 2. The number of anilines is 1. The van der Waals surface area contributed by atoms with Gasteiger partial charge in [-0.3, -0.25) is 9.59 Å². The van der Waals surface area contributed by atoms with Crippen molar-refractivity contribution in [3.63, 3.8) is 0 Å². The summed E-state index contributed by atoms with van der Waals surface area (Å²) in [6, 6.07) is 3.87. The summed E-state index contributed by atoms with van der Waals surface area (Å²) in [5.41, 5.74) is -0.568. The lowest BCUT2D eigenvalue weighted by Gasteiger charge is -2.30. The minimum absolute atomic E-state index is 0.0208. The van der Waals surface area contributed by atoms with Crippen LogP contribution in [0.5, 0.6) is 5.88 Å². The second kappa shape index (κ2) is 10.9. The van der Waals surface area contributed by atoms with Crippen LogP contribution in [0.4, 0.5) is 18.9 Å². The Morgan fingerprint density at radius 1 is 1.22 bits per heavy atom. The quantitative estimate of drug-likeness (QED) is 0.532. The number of nitrogens with one attached hydrogen (secondary N) is 2. The molecule has 3 aliphatic rings. The van der Waals surface area contributed by atoms with E-state index in [2.05, 4.69) is 15.6 Å². The van der Waals surface area contributed by atoms with Crippen molar-refractivity contribution in [2.24, 2.45) is 5.92 Å². The second-order valence-corrected chi connectivity index (χ2v) is 10.9. The number of aromatic nitrogens is 1. The zero-order valence-corrected chi connectivity index (χ0v) is 21.0. The van der Waals surface area contributed by atoms with Gasteiger partial charge in [-0.15, -0.1) is 11.3 Å². The van der Waals surface area contributed by atoms with E-state index in [0.717, 1.165) is 42.8 Å². The zero-order chi connectivity index (χ0) is 26.0. The van der Waals surface area contributed by atoms with E-state index in [0.29, 0.717) is 50.1 Å². The van der Waals surface area contributed by atoms with Gasteiger partial charge in [-0.05, 0) is 30.5 Å². The standard InChI is InChI=1S/C25H29F3N4O4S/c26-25(27,28)16-10-20-24(29-11-16)36-8-7-32(20)12-18-5-6-21(37-18)23(34)31-19(9-15-3-1-2-4-15)22(33)30-17-13-35-14-17/h5-6,10-11,15,17,19H,1-4,7-9,12-14H2,(H,30,33)(H,31,34)/t19-/m0/s1. The molecule has 1 saturated carbocycles. The number of rotatable bonds is 8. The predicted molar refractivity (Wildman–Crippen MR) is 131 cm³/mol. The average Bonchev–Trinajstić information content (AvgIpc) is 3.52. The van der Waals surface area contributed by atoms with E-state index in [4.69, 9.17) is 9.47 Å². The molecule has 0 spiro atoms. The van der Waals surface area contributed by atoms with Crippen LogP contribution in [-0.4, -0.2) is 55.2 Å². The molecule has 0 bridgehead atoms. The monoisotopic (exact) mass is 538 g/mol. The fourth-order valence-corrected chi connectivity index (χ4v) is 5.83. The van der Waals surface area contributed by atoms with E-state index in [1.54, 1.807) is 17.0 Å². The van der Waals surface area contributed by atoms with Gasteiger partial charge in [0, 0.05) is 11.1 Å². The molecule has 8 nitrogen and oxygen atoms in total. The Labute approximate surface area is 216 Å². The SMILES string of the molecule is O=C(N[C@@H](CC1CCCC1)C(=O)NC1COC1)c1ccc(CN2CCOc3ncc(C(F)(F)F)cc32)s1. The Hall–Kier alpha value is -2.86. The van der Waals surface area contributed by atoms with Crippen molar-refractivity contribution in [1.29, 1.82) is 0 Å². The highest BCUT2D eigenvalue weighted by atomic mass is 32.1. The molecule has 2 aromatic rings. The van der Waals surface area contributed by atoms with Gasteiger partial charge < -0.3 is 25.0 Å². The van der Waals surface area contributed by atoms with Gasteiger partial charge in [-0.25, -0.2) is 4.98 Å². The minimum atomic E-state index is -4.51. The van der Waals surface area contributed by atoms with Gasteiger partial charge in [0.2, 0.25) is 11.8 Å². The van der Waals surface area contributed by atoms with Gasteiger partial charge in [0.1, 0.15) is 18.3 Å². The summed E-state index contributed by atoms with van der Waals surface area (Å²) in [6.07, 6.45) is 1.26. The molecule has 0 aromatic carbocycles. The molecule has 5 rings (SSSR count). The number of pyridine rings is 1. The first-order valence-electron chi connectivity index (χ1n) is 12.5. The molecule has 2 aromatic heterocycles. The number of carbonyl (C=O) groups is 2. The highest BCUT2D eigenvalue weighted by Gasteiger charge is 2.34. The van der Waals surface area contributed by atoms with Gasteiger partial charge in [-0.1, -0.05) is 25.7 Å². The van der Waals surface area contributed by atoms with E-state index in [-0.39, 0.29) is 29.4 Å². The molecular weight excluding hydrogens is 509 g/mol. The smallest absolute Gasteiger partial charge is 0.417 e. The largest absolute Gasteiger partial charge is 0.474 e. The van der Waals surface area contributed by atoms with Gasteiger partial charge in [0.25, 0.3) is 5.91 Å². The van der Waals surface area contributed by atoms with Crippen molar-refractivity contribution in [3.8, 4) is 5.88 Å². The van der Waals surface area contributed by atoms with Crippen LogP contribution in [0.25, 0.3) is 0 Å². The topological polar surface area (TPSA) is 92.8 Å². The highest BCUT2D eigenvalue weighted by Crippen LogP contribution is 2.37. The van der Waals surface area contributed by atoms with E-state index in [9.17, 15) is 22.8 Å². The summed E-state index contributed by atoms with van der Waals surface area (Å²) in [4.78, 5) is 32.9. The number of thiophene rings is 1. The van der Waals surface area contributed by atoms with Gasteiger partial charge >= 0.3 is 6.18 Å². The summed E-state index contributed by atoms with van der Waals surface area (Å²) >= 11 is 1.26. The van der Waals surface area contributed by atoms with Crippen LogP contribution in [0, 0.1) is 5.92 Å². The third kappa shape index (κ3) is 6.18. The molecule has 2 N–H and O–H groups in total. The lowest BCUT2D eigenvalue weighted by atomic mass is 9.97. The first-order valence-corrected chi connectivity index (χ1v) is 13.3. The Balaban J connectivity index is 1.25. The van der Waals surface area contributed by atoms with Crippen LogP contribution in [-0.2, 0) is 22.3 Å². The fourth-order valence-electron chi connectivity index (χ4n) is 4.90. The minimum Gasteiger partial charge on any atom is -0.474 e. The predicted octanol–water partition coefficient (Wildman–Crippen LogP) is 3.75.